The molecule has 78 valence electrons. The molecule has 0 saturated carbocycles. The molecule has 1 aliphatic rings. The Hall–Kier alpha value is -0.640. The standard InChI is InChI=1S/C10H17N3S/c1-2-11-10-12-5-6-13(10)8-9-4-3-7-14-9/h5-6,9H,2-4,7-8H2,1H3,(H,11,12). The monoisotopic (exact) mass is 211 g/mol. The number of nitrogens with one attached hydrogen (secondary N) is 1. The highest BCUT2D eigenvalue weighted by Gasteiger charge is 2.16. The number of hydrogen-bond acceptors (Lipinski definition) is 3. The van der Waals surface area contributed by atoms with E-state index in [1.807, 2.05) is 6.20 Å². The molecule has 1 N–H and O–H groups in total. The van der Waals surface area contributed by atoms with Crippen LogP contribution in [0.15, 0.2) is 12.4 Å². The molecule has 3 nitrogen and oxygen atoms in total. The maximum atomic E-state index is 4.29. The van der Waals surface area contributed by atoms with Crippen LogP contribution in [-0.2, 0) is 6.54 Å². The summed E-state index contributed by atoms with van der Waals surface area (Å²) in [6, 6.07) is 0. The first-order valence-electron chi connectivity index (χ1n) is 5.26. The SMILES string of the molecule is CCNc1nccn1CC1CCCS1. The van der Waals surface area contributed by atoms with Gasteiger partial charge in [-0.1, -0.05) is 0 Å². The maximum Gasteiger partial charge on any atom is 0.202 e. The molecule has 1 atom stereocenters. The van der Waals surface area contributed by atoms with Crippen LogP contribution in [0.2, 0.25) is 0 Å². The zero-order valence-electron chi connectivity index (χ0n) is 8.57. The normalized spacial score (nSPS) is 21.4. The third-order valence-corrected chi connectivity index (χ3v) is 3.86. The van der Waals surface area contributed by atoms with Crippen LogP contribution >= 0.6 is 11.8 Å². The van der Waals surface area contributed by atoms with Crippen LogP contribution in [0.5, 0.6) is 0 Å². The predicted molar refractivity (Wildman–Crippen MR) is 61.9 cm³/mol. The van der Waals surface area contributed by atoms with E-state index >= 15 is 0 Å². The van der Waals surface area contributed by atoms with Gasteiger partial charge in [0.1, 0.15) is 0 Å². The third-order valence-electron chi connectivity index (χ3n) is 2.47. The van der Waals surface area contributed by atoms with Crippen LogP contribution in [0, 0.1) is 0 Å². The minimum absolute atomic E-state index is 0.793. The smallest absolute Gasteiger partial charge is 0.202 e. The van der Waals surface area contributed by atoms with Crippen LogP contribution in [0.3, 0.4) is 0 Å². The molecule has 1 aromatic rings. The molecule has 0 amide bonds. The summed E-state index contributed by atoms with van der Waals surface area (Å²) in [5, 5.41) is 4.07. The van der Waals surface area contributed by atoms with Crippen LogP contribution < -0.4 is 5.32 Å². The number of hydrogen-bond donors (Lipinski definition) is 1. The molecule has 4 heteroatoms. The van der Waals surface area contributed by atoms with Gasteiger partial charge in [-0.05, 0) is 25.5 Å². The van der Waals surface area contributed by atoms with Crippen molar-refractivity contribution < 1.29 is 0 Å². The van der Waals surface area contributed by atoms with E-state index in [9.17, 15) is 0 Å². The summed E-state index contributed by atoms with van der Waals surface area (Å²) in [5.74, 6) is 2.34. The second-order valence-corrected chi connectivity index (χ2v) is 4.98. The molecule has 14 heavy (non-hydrogen) atoms. The van der Waals surface area contributed by atoms with E-state index < -0.39 is 0 Å². The van der Waals surface area contributed by atoms with Crippen LogP contribution in [0.1, 0.15) is 19.8 Å². The quantitative estimate of drug-likeness (QED) is 0.828. The average molecular weight is 211 g/mol. The lowest BCUT2D eigenvalue weighted by Gasteiger charge is -2.12. The van der Waals surface area contributed by atoms with Gasteiger partial charge in [0.25, 0.3) is 0 Å². The molecular formula is C10H17N3S. The second kappa shape index (κ2) is 4.73. The van der Waals surface area contributed by atoms with Crippen LogP contribution in [-0.4, -0.2) is 27.1 Å². The van der Waals surface area contributed by atoms with Crippen molar-refractivity contribution in [2.75, 3.05) is 17.6 Å². The Morgan fingerprint density at radius 2 is 2.64 bits per heavy atom. The van der Waals surface area contributed by atoms with E-state index in [0.717, 1.165) is 24.3 Å². The number of nitrogens with zero attached hydrogens (tertiary/aromatic N) is 2. The molecule has 1 fully saturated rings. The van der Waals surface area contributed by atoms with Crippen molar-refractivity contribution >= 4 is 17.7 Å². The van der Waals surface area contributed by atoms with Crippen LogP contribution in [0.4, 0.5) is 5.95 Å². The fraction of sp³-hybridized carbons (Fsp3) is 0.700. The van der Waals surface area contributed by atoms with Gasteiger partial charge >= 0.3 is 0 Å². The first-order valence-corrected chi connectivity index (χ1v) is 6.31. The van der Waals surface area contributed by atoms with E-state index in [2.05, 4.69) is 39.8 Å². The Morgan fingerprint density at radius 3 is 3.36 bits per heavy atom. The van der Waals surface area contributed by atoms with Crippen molar-refractivity contribution in [3.63, 3.8) is 0 Å². The zero-order chi connectivity index (χ0) is 9.80. The maximum absolute atomic E-state index is 4.29. The minimum Gasteiger partial charge on any atom is -0.356 e. The van der Waals surface area contributed by atoms with Crippen molar-refractivity contribution in [2.24, 2.45) is 0 Å². The Bertz CT molecular complexity index is 279. The van der Waals surface area contributed by atoms with Gasteiger partial charge in [0.15, 0.2) is 0 Å². The molecular weight excluding hydrogens is 194 g/mol. The molecule has 1 aromatic heterocycles. The van der Waals surface area contributed by atoms with E-state index in [-0.39, 0.29) is 0 Å². The lowest BCUT2D eigenvalue weighted by atomic mass is 10.2. The van der Waals surface area contributed by atoms with Gasteiger partial charge in [-0.15, -0.1) is 0 Å². The lowest BCUT2D eigenvalue weighted by molar-refractivity contribution is 0.642. The fourth-order valence-electron chi connectivity index (χ4n) is 1.79. The number of imidazole rings is 1. The van der Waals surface area contributed by atoms with Crippen molar-refractivity contribution in [1.29, 1.82) is 0 Å². The highest BCUT2D eigenvalue weighted by atomic mass is 32.2. The largest absolute Gasteiger partial charge is 0.356 e. The predicted octanol–water partition coefficient (Wildman–Crippen LogP) is 2.21. The first kappa shape index (κ1) is 9.90. The molecule has 0 bridgehead atoms. The highest BCUT2D eigenvalue weighted by molar-refractivity contribution is 8.00. The van der Waals surface area contributed by atoms with Gasteiger partial charge in [0, 0.05) is 30.7 Å². The summed E-state index contributed by atoms with van der Waals surface area (Å²) < 4.78 is 2.23. The Kier molecular flexibility index (Phi) is 3.35. The van der Waals surface area contributed by atoms with Gasteiger partial charge in [0.2, 0.25) is 5.95 Å². The van der Waals surface area contributed by atoms with Crippen molar-refractivity contribution in [2.45, 2.75) is 31.6 Å². The zero-order valence-corrected chi connectivity index (χ0v) is 9.39. The minimum atomic E-state index is 0.793. The fourth-order valence-corrected chi connectivity index (χ4v) is 3.06. The van der Waals surface area contributed by atoms with E-state index in [1.165, 1.54) is 18.6 Å². The topological polar surface area (TPSA) is 29.9 Å². The number of rotatable bonds is 4. The molecule has 0 aliphatic carbocycles. The average Bonchev–Trinajstić information content (AvgIpc) is 2.80. The van der Waals surface area contributed by atoms with Gasteiger partial charge < -0.3 is 9.88 Å². The summed E-state index contributed by atoms with van der Waals surface area (Å²) in [6.45, 7) is 4.14. The number of anilines is 1. The van der Waals surface area contributed by atoms with Gasteiger partial charge in [-0.25, -0.2) is 4.98 Å². The summed E-state index contributed by atoms with van der Waals surface area (Å²) in [4.78, 5) is 4.29. The molecule has 0 radical (unpaired) electrons. The van der Waals surface area contributed by atoms with Crippen molar-refractivity contribution in [1.82, 2.24) is 9.55 Å². The Balaban J connectivity index is 1.96. The van der Waals surface area contributed by atoms with Gasteiger partial charge in [-0.3, -0.25) is 0 Å². The highest BCUT2D eigenvalue weighted by Crippen LogP contribution is 2.27. The summed E-state index contributed by atoms with van der Waals surface area (Å²) in [5.41, 5.74) is 0. The molecule has 1 unspecified atom stereocenters. The Labute approximate surface area is 89.3 Å². The van der Waals surface area contributed by atoms with E-state index in [0.29, 0.717) is 0 Å². The lowest BCUT2D eigenvalue weighted by Crippen LogP contribution is -2.13. The first-order chi connectivity index (χ1) is 6.90. The molecule has 0 aromatic carbocycles. The van der Waals surface area contributed by atoms with Crippen LogP contribution in [0.25, 0.3) is 0 Å². The molecule has 1 aliphatic heterocycles. The Morgan fingerprint density at radius 1 is 1.71 bits per heavy atom. The van der Waals surface area contributed by atoms with Gasteiger partial charge in [0.05, 0.1) is 0 Å². The summed E-state index contributed by atoms with van der Waals surface area (Å²) in [7, 11) is 0. The molecule has 2 heterocycles. The summed E-state index contributed by atoms with van der Waals surface area (Å²) >= 11 is 2.09. The summed E-state index contributed by atoms with van der Waals surface area (Å²) in [6.07, 6.45) is 6.67. The molecule has 1 saturated heterocycles. The second-order valence-electron chi connectivity index (χ2n) is 3.57. The molecule has 2 rings (SSSR count). The van der Waals surface area contributed by atoms with Gasteiger partial charge in [-0.2, -0.15) is 11.8 Å². The van der Waals surface area contributed by atoms with Crippen molar-refractivity contribution in [3.8, 4) is 0 Å². The molecule has 0 spiro atoms. The number of aromatic nitrogens is 2. The third kappa shape index (κ3) is 2.23. The van der Waals surface area contributed by atoms with E-state index in [4.69, 9.17) is 0 Å². The van der Waals surface area contributed by atoms with Crippen molar-refractivity contribution in [3.05, 3.63) is 12.4 Å². The number of thioether (sulfide) groups is 1. The van der Waals surface area contributed by atoms with E-state index in [1.54, 1.807) is 0 Å².